The van der Waals surface area contributed by atoms with E-state index in [0.29, 0.717) is 0 Å². The fourth-order valence-electron chi connectivity index (χ4n) is 7.63. The third kappa shape index (κ3) is 4.32. The van der Waals surface area contributed by atoms with Crippen LogP contribution in [0.15, 0.2) is 48.5 Å². The standard InChI is InChI=1S/C13H9.C4H10N.C3H9OSi.C2H7Si.C2H5.CH3.CH2.2ClH.Zr/c1-3-7-12-10(5-1)9-11-6-2-4-8-13(11)12;1-4(2,3)5;1-5(2,3)4;1-3-2;1-2;;;;;/h1-9H;5H,1-3H3;1-3H3;3H,1-2H3;1H2,2H3;1H3;1H2;2*1H;/q;2*-1;;;;;;;+2. The van der Waals surface area contributed by atoms with Gasteiger partial charge in [0.1, 0.15) is 0 Å². The van der Waals surface area contributed by atoms with Gasteiger partial charge in [-0.15, -0.1) is 24.8 Å². The molecule has 33 heavy (non-hydrogen) atoms. The van der Waals surface area contributed by atoms with Crippen molar-refractivity contribution in [2.45, 2.75) is 78.4 Å². The van der Waals surface area contributed by atoms with Crippen molar-refractivity contribution in [1.82, 2.24) is 3.26 Å². The maximum absolute atomic E-state index is 7.94. The van der Waals surface area contributed by atoms with Crippen LogP contribution >= 0.6 is 24.8 Å². The zero-order valence-electron chi connectivity index (χ0n) is 22.4. The van der Waals surface area contributed by atoms with Crippen LogP contribution < -0.4 is 3.26 Å². The van der Waals surface area contributed by atoms with E-state index in [-0.39, 0.29) is 34.0 Å². The summed E-state index contributed by atoms with van der Waals surface area (Å²) in [4.78, 5) is 0. The zero-order valence-corrected chi connectivity index (χ0v) is 28.7. The second kappa shape index (κ2) is 8.06. The van der Waals surface area contributed by atoms with Gasteiger partial charge in [-0.25, -0.2) is 0 Å². The monoisotopic (exact) mass is 605 g/mol. The van der Waals surface area contributed by atoms with Crippen molar-refractivity contribution in [2.75, 3.05) is 0 Å². The van der Waals surface area contributed by atoms with Crippen LogP contribution in [0.1, 0.15) is 42.4 Å². The first kappa shape index (κ1) is 31.2. The molecule has 2 nitrogen and oxygen atoms in total. The predicted octanol–water partition coefficient (Wildman–Crippen LogP) is 8.33. The van der Waals surface area contributed by atoms with Crippen molar-refractivity contribution in [3.63, 3.8) is 0 Å². The molecule has 0 fully saturated rings. The molecular formula is C26H47Cl2NOSi2Zr. The molecule has 0 radical (unpaired) electrons. The van der Waals surface area contributed by atoms with Crippen molar-refractivity contribution >= 4 is 43.3 Å². The third-order valence-corrected chi connectivity index (χ3v) is 84.2. The van der Waals surface area contributed by atoms with E-state index in [1.54, 1.807) is 0 Å². The van der Waals surface area contributed by atoms with Crippen molar-refractivity contribution in [2.24, 2.45) is 0 Å². The summed E-state index contributed by atoms with van der Waals surface area (Å²) < 4.78 is 21.7. The van der Waals surface area contributed by atoms with Gasteiger partial charge in [-0.2, -0.15) is 0 Å². The number of hydrogen-bond acceptors (Lipinski definition) is 2. The van der Waals surface area contributed by atoms with E-state index in [9.17, 15) is 0 Å². The minimum atomic E-state index is -5.52. The first-order valence-corrected chi connectivity index (χ1v) is 32.2. The van der Waals surface area contributed by atoms with Crippen molar-refractivity contribution < 1.29 is 17.7 Å². The van der Waals surface area contributed by atoms with E-state index >= 15 is 0 Å². The Bertz CT molecular complexity index is 1110. The Kier molecular flexibility index (Phi) is 7.61. The first-order valence-electron chi connectivity index (χ1n) is 12.0. The Hall–Kier alpha value is 0.127. The molecule has 2 aromatic rings. The molecule has 0 unspecified atom stereocenters. The molecule has 1 aliphatic rings. The van der Waals surface area contributed by atoms with Crippen LogP contribution in [0.2, 0.25) is 41.5 Å². The number of fused-ring (bicyclic) bond motifs is 3. The molecule has 0 bridgehead atoms. The molecule has 0 spiro atoms. The summed E-state index contributed by atoms with van der Waals surface area (Å²) in [7, 11) is -2.01. The number of halogens is 2. The first-order chi connectivity index (χ1) is 13.9. The minimum absolute atomic E-state index is 0. The van der Waals surface area contributed by atoms with Gasteiger partial charge >= 0.3 is 189 Å². The van der Waals surface area contributed by atoms with E-state index < -0.39 is 29.5 Å². The number of hydrogen-bond donors (Lipinski definition) is 1. The van der Waals surface area contributed by atoms with Gasteiger partial charge in [-0.1, -0.05) is 0 Å². The molecule has 0 aliphatic heterocycles. The van der Waals surface area contributed by atoms with Crippen molar-refractivity contribution in [3.05, 3.63) is 59.7 Å². The Labute approximate surface area is 211 Å². The summed E-state index contributed by atoms with van der Waals surface area (Å²) in [6.07, 6.45) is 0. The van der Waals surface area contributed by atoms with Crippen LogP contribution in [0, 0.1) is 0 Å². The van der Waals surface area contributed by atoms with Crippen LogP contribution in [0.3, 0.4) is 0 Å². The maximum atomic E-state index is 7.94. The van der Waals surface area contributed by atoms with Gasteiger partial charge in [-0.05, 0) is 0 Å². The molecular weight excluding hydrogens is 561 g/mol. The van der Waals surface area contributed by atoms with Gasteiger partial charge in [0.15, 0.2) is 0 Å². The SMILES string of the molecule is Cl.Cl.[CH2]=[Zr]([CH3])([CH2]C)([NH]C(C)(C)C)([O][Si](C)(C)C)([CH]1c2ccccc2-c2ccccc21)[SiH](C)C. The molecule has 0 saturated heterocycles. The van der Waals surface area contributed by atoms with Crippen LogP contribution in [0.4, 0.5) is 0 Å². The number of nitrogens with one attached hydrogen (secondary N) is 1. The molecule has 1 N–H and O–H groups in total. The van der Waals surface area contributed by atoms with Crippen LogP contribution in [-0.2, 0) is 17.7 Å². The molecule has 2 aromatic carbocycles. The summed E-state index contributed by atoms with van der Waals surface area (Å²) >= 11 is -5.52. The molecule has 3 rings (SSSR count). The van der Waals surface area contributed by atoms with Gasteiger partial charge in [-0.3, -0.25) is 0 Å². The Morgan fingerprint density at radius 3 is 1.64 bits per heavy atom. The molecule has 0 aromatic heterocycles. The van der Waals surface area contributed by atoms with E-state index in [4.69, 9.17) is 6.71 Å². The fourth-order valence-corrected chi connectivity index (χ4v) is 79.4. The molecule has 0 amide bonds. The van der Waals surface area contributed by atoms with Gasteiger partial charge in [0.2, 0.25) is 0 Å². The fraction of sp³-hybridized carbons (Fsp3) is 0.500. The van der Waals surface area contributed by atoms with Gasteiger partial charge < -0.3 is 0 Å². The molecule has 0 atom stereocenters. The predicted molar refractivity (Wildman–Crippen MR) is 158 cm³/mol. The Morgan fingerprint density at radius 1 is 0.939 bits per heavy atom. The second-order valence-corrected chi connectivity index (χ2v) is 68.6. The van der Waals surface area contributed by atoms with Crippen molar-refractivity contribution in [1.29, 1.82) is 0 Å². The third-order valence-electron chi connectivity index (χ3n) is 9.14. The molecule has 0 saturated carbocycles. The number of rotatable bonds is 6. The van der Waals surface area contributed by atoms with E-state index in [1.807, 2.05) is 0 Å². The summed E-state index contributed by atoms with van der Waals surface area (Å²) in [6.45, 7) is 21.4. The molecule has 7 heteroatoms. The average Bonchev–Trinajstić information content (AvgIpc) is 2.95. The van der Waals surface area contributed by atoms with Crippen molar-refractivity contribution in [3.8, 4) is 11.1 Å². The Balaban J connectivity index is 0.00000272. The summed E-state index contributed by atoms with van der Waals surface area (Å²) in [5.41, 5.74) is 5.45. The normalized spacial score (nSPS) is 17.5. The van der Waals surface area contributed by atoms with Crippen LogP contribution in [-0.4, -0.2) is 24.0 Å². The van der Waals surface area contributed by atoms with E-state index in [0.717, 1.165) is 4.13 Å². The van der Waals surface area contributed by atoms with Crippen LogP contribution in [0.5, 0.6) is 0 Å². The topological polar surface area (TPSA) is 21.3 Å². The molecule has 188 valence electrons. The molecule has 1 aliphatic carbocycles. The summed E-state index contributed by atoms with van der Waals surface area (Å²) in [5.74, 6) is -1.58. The summed E-state index contributed by atoms with van der Waals surface area (Å²) in [5, 5.41) is 0. The number of benzene rings is 2. The van der Waals surface area contributed by atoms with Gasteiger partial charge in [0.05, 0.1) is 0 Å². The molecule has 0 heterocycles. The quantitative estimate of drug-likeness (QED) is 0.334. The Morgan fingerprint density at radius 2 is 1.33 bits per heavy atom. The van der Waals surface area contributed by atoms with Gasteiger partial charge in [0.25, 0.3) is 0 Å². The summed E-state index contributed by atoms with van der Waals surface area (Å²) in [6, 6.07) is 18.1. The van der Waals surface area contributed by atoms with Crippen LogP contribution in [0.25, 0.3) is 11.1 Å². The zero-order chi connectivity index (χ0) is 23.6. The van der Waals surface area contributed by atoms with E-state index in [2.05, 4.69) is 117 Å². The van der Waals surface area contributed by atoms with E-state index in [1.165, 1.54) is 22.3 Å². The van der Waals surface area contributed by atoms with Gasteiger partial charge in [0, 0.05) is 0 Å². The average molecular weight is 608 g/mol. The second-order valence-electron chi connectivity index (χ2n) is 13.9.